The molecule has 0 bridgehead atoms. The molecule has 0 spiro atoms. The summed E-state index contributed by atoms with van der Waals surface area (Å²) >= 11 is 3.42. The molecule has 0 aliphatic carbocycles. The second kappa shape index (κ2) is 8.38. The number of ether oxygens (including phenoxy) is 1. The highest BCUT2D eigenvalue weighted by Crippen LogP contribution is 2.36. The van der Waals surface area contributed by atoms with Crippen LogP contribution in [0.3, 0.4) is 0 Å². The number of benzene rings is 2. The Labute approximate surface area is 183 Å². The molecular weight excluding hydrogens is 485 g/mol. The van der Waals surface area contributed by atoms with Gasteiger partial charge in [-0.15, -0.1) is 0 Å². The molecule has 0 saturated carbocycles. The molecule has 31 heavy (non-hydrogen) atoms. The average molecular weight is 504 g/mol. The average Bonchev–Trinajstić information content (AvgIpc) is 3.08. The fraction of sp³-hybridized carbons (Fsp3) is 0.381. The first-order valence-corrected chi connectivity index (χ1v) is 10.4. The first kappa shape index (κ1) is 22.0. The van der Waals surface area contributed by atoms with E-state index in [1.165, 1.54) is 23.6 Å². The molecule has 4 nitrogen and oxygen atoms in total. The van der Waals surface area contributed by atoms with Crippen LogP contribution in [0.5, 0.6) is 0 Å². The molecule has 0 atom stereocenters. The van der Waals surface area contributed by atoms with Crippen molar-refractivity contribution in [2.24, 2.45) is 0 Å². The molecule has 1 fully saturated rings. The number of hydrogen-bond donors (Lipinski definition) is 0. The van der Waals surface area contributed by atoms with Crippen LogP contribution >= 0.6 is 15.9 Å². The van der Waals surface area contributed by atoms with E-state index in [0.717, 1.165) is 11.8 Å². The molecule has 1 aliphatic heterocycles. The Morgan fingerprint density at radius 2 is 1.87 bits per heavy atom. The standard InChI is InChI=1S/C21H19BrF5N3O/c1-12-13(3-2-4-15(12)21(25,26)27)11-30-17-10-14(29-5-7-31-8-6-29)9-16(22)18(17)28-20(30)19(23)24/h2-4,9-10,19H,5-8,11H2,1H3. The van der Waals surface area contributed by atoms with Crippen molar-refractivity contribution < 1.29 is 26.7 Å². The largest absolute Gasteiger partial charge is 0.416 e. The van der Waals surface area contributed by atoms with E-state index in [1.54, 1.807) is 6.07 Å². The summed E-state index contributed by atoms with van der Waals surface area (Å²) in [4.78, 5) is 6.17. The normalized spacial score (nSPS) is 15.3. The minimum atomic E-state index is -4.52. The van der Waals surface area contributed by atoms with Crippen molar-refractivity contribution >= 4 is 32.7 Å². The summed E-state index contributed by atoms with van der Waals surface area (Å²) < 4.78 is 74.8. The lowest BCUT2D eigenvalue weighted by molar-refractivity contribution is -0.138. The summed E-state index contributed by atoms with van der Waals surface area (Å²) in [6.07, 6.45) is -7.40. The van der Waals surface area contributed by atoms with E-state index >= 15 is 0 Å². The zero-order valence-electron chi connectivity index (χ0n) is 16.5. The SMILES string of the molecule is Cc1c(Cn2c(C(F)F)nc3c(Br)cc(N4CCOCC4)cc32)cccc1C(F)(F)F. The van der Waals surface area contributed by atoms with Gasteiger partial charge in [0.25, 0.3) is 6.43 Å². The van der Waals surface area contributed by atoms with Crippen LogP contribution in [0.1, 0.15) is 28.9 Å². The Bertz CT molecular complexity index is 1110. The molecule has 2 heterocycles. The van der Waals surface area contributed by atoms with E-state index in [0.29, 0.717) is 47.4 Å². The number of nitrogens with zero attached hydrogens (tertiary/aromatic N) is 3. The molecule has 0 amide bonds. The van der Waals surface area contributed by atoms with E-state index in [4.69, 9.17) is 4.74 Å². The van der Waals surface area contributed by atoms with Gasteiger partial charge in [-0.1, -0.05) is 12.1 Å². The summed E-state index contributed by atoms with van der Waals surface area (Å²) in [5.41, 5.74) is 1.14. The Hall–Kier alpha value is -2.20. The van der Waals surface area contributed by atoms with Gasteiger partial charge < -0.3 is 14.2 Å². The quantitative estimate of drug-likeness (QED) is 0.412. The Balaban J connectivity index is 1.84. The Morgan fingerprint density at radius 1 is 1.16 bits per heavy atom. The van der Waals surface area contributed by atoms with Crippen LogP contribution in [0, 0.1) is 6.92 Å². The van der Waals surface area contributed by atoms with Crippen molar-refractivity contribution in [1.29, 1.82) is 0 Å². The predicted molar refractivity (Wildman–Crippen MR) is 111 cm³/mol. The smallest absolute Gasteiger partial charge is 0.378 e. The van der Waals surface area contributed by atoms with Crippen LogP contribution in [0.15, 0.2) is 34.8 Å². The third-order valence-electron chi connectivity index (χ3n) is 5.47. The lowest BCUT2D eigenvalue weighted by atomic mass is 10.0. The highest BCUT2D eigenvalue weighted by molar-refractivity contribution is 9.10. The van der Waals surface area contributed by atoms with Gasteiger partial charge in [0.15, 0.2) is 5.82 Å². The summed E-state index contributed by atoms with van der Waals surface area (Å²) in [7, 11) is 0. The Morgan fingerprint density at radius 3 is 2.52 bits per heavy atom. The number of halogens is 6. The minimum Gasteiger partial charge on any atom is -0.378 e. The molecule has 0 radical (unpaired) electrons. The molecular formula is C21H19BrF5N3O. The topological polar surface area (TPSA) is 30.3 Å². The van der Waals surface area contributed by atoms with Crippen molar-refractivity contribution in [3.05, 3.63) is 57.3 Å². The lowest BCUT2D eigenvalue weighted by Crippen LogP contribution is -2.36. The van der Waals surface area contributed by atoms with Crippen molar-refractivity contribution in [3.63, 3.8) is 0 Å². The molecule has 0 N–H and O–H groups in total. The van der Waals surface area contributed by atoms with Gasteiger partial charge in [-0.3, -0.25) is 0 Å². The fourth-order valence-electron chi connectivity index (χ4n) is 3.85. The van der Waals surface area contributed by atoms with E-state index < -0.39 is 24.0 Å². The number of imidazole rings is 1. The van der Waals surface area contributed by atoms with Gasteiger partial charge in [-0.05, 0) is 52.2 Å². The van der Waals surface area contributed by atoms with Gasteiger partial charge in [0, 0.05) is 29.8 Å². The van der Waals surface area contributed by atoms with E-state index in [9.17, 15) is 22.0 Å². The van der Waals surface area contributed by atoms with Crippen molar-refractivity contribution in [2.75, 3.05) is 31.2 Å². The molecule has 4 rings (SSSR count). The fourth-order valence-corrected chi connectivity index (χ4v) is 4.38. The lowest BCUT2D eigenvalue weighted by Gasteiger charge is -2.29. The monoisotopic (exact) mass is 503 g/mol. The highest BCUT2D eigenvalue weighted by Gasteiger charge is 2.33. The van der Waals surface area contributed by atoms with E-state index in [1.807, 2.05) is 6.07 Å². The molecule has 2 aromatic carbocycles. The minimum absolute atomic E-state index is 0.0143. The molecule has 0 unspecified atom stereocenters. The van der Waals surface area contributed by atoms with Crippen LogP contribution in [0.4, 0.5) is 27.6 Å². The first-order valence-electron chi connectivity index (χ1n) is 9.63. The number of aromatic nitrogens is 2. The van der Waals surface area contributed by atoms with Gasteiger partial charge in [0.1, 0.15) is 5.52 Å². The number of fused-ring (bicyclic) bond motifs is 1. The maximum Gasteiger partial charge on any atom is 0.416 e. The predicted octanol–water partition coefficient (Wildman–Crippen LogP) is 5.95. The second-order valence-electron chi connectivity index (χ2n) is 7.34. The summed E-state index contributed by atoms with van der Waals surface area (Å²) in [5.74, 6) is -0.480. The van der Waals surface area contributed by atoms with Crippen LogP contribution in [0.2, 0.25) is 0 Å². The number of anilines is 1. The zero-order valence-corrected chi connectivity index (χ0v) is 18.1. The van der Waals surface area contributed by atoms with E-state index in [-0.39, 0.29) is 12.1 Å². The van der Waals surface area contributed by atoms with Crippen LogP contribution in [-0.2, 0) is 17.5 Å². The summed E-state index contributed by atoms with van der Waals surface area (Å²) in [6, 6.07) is 7.38. The van der Waals surface area contributed by atoms with Gasteiger partial charge >= 0.3 is 6.18 Å². The van der Waals surface area contributed by atoms with Crippen molar-refractivity contribution in [3.8, 4) is 0 Å². The zero-order chi connectivity index (χ0) is 22.3. The maximum absolute atomic E-state index is 13.8. The maximum atomic E-state index is 13.8. The molecule has 1 aromatic heterocycles. The molecule has 166 valence electrons. The number of morpholine rings is 1. The molecule has 1 saturated heterocycles. The van der Waals surface area contributed by atoms with Crippen molar-refractivity contribution in [1.82, 2.24) is 9.55 Å². The van der Waals surface area contributed by atoms with Crippen LogP contribution < -0.4 is 4.90 Å². The number of rotatable bonds is 4. The number of hydrogen-bond acceptors (Lipinski definition) is 3. The third kappa shape index (κ3) is 4.27. The molecule has 3 aromatic rings. The molecule has 1 aliphatic rings. The van der Waals surface area contributed by atoms with Gasteiger partial charge in [0.05, 0.1) is 24.3 Å². The molecule has 10 heteroatoms. The third-order valence-corrected chi connectivity index (χ3v) is 6.08. The van der Waals surface area contributed by atoms with Gasteiger partial charge in [-0.2, -0.15) is 13.2 Å². The Kier molecular flexibility index (Phi) is 5.95. The van der Waals surface area contributed by atoms with Crippen LogP contribution in [-0.4, -0.2) is 35.9 Å². The van der Waals surface area contributed by atoms with Gasteiger partial charge in [0.2, 0.25) is 0 Å². The van der Waals surface area contributed by atoms with Crippen LogP contribution in [0.25, 0.3) is 11.0 Å². The summed E-state index contributed by atoms with van der Waals surface area (Å²) in [6.45, 7) is 3.63. The second-order valence-corrected chi connectivity index (χ2v) is 8.19. The van der Waals surface area contributed by atoms with Gasteiger partial charge in [-0.25, -0.2) is 13.8 Å². The van der Waals surface area contributed by atoms with Crippen molar-refractivity contribution in [2.45, 2.75) is 26.1 Å². The highest BCUT2D eigenvalue weighted by atomic mass is 79.9. The number of alkyl halides is 5. The van der Waals surface area contributed by atoms with E-state index in [2.05, 4.69) is 25.8 Å². The summed E-state index contributed by atoms with van der Waals surface area (Å²) in [5, 5.41) is 0. The first-order chi connectivity index (χ1) is 14.7.